The number of thiocarbonyl (C=S) groups is 1. The number of anilines is 2. The SMILES string of the molecule is Cc1cc(N2C(=S)N[C@@H](c3ccccn3)[C@@H]2c2cccn2-c2ccccc2C)ccc1NS(C)(=O)=O. The van der Waals surface area contributed by atoms with Crippen LogP contribution in [-0.2, 0) is 10.0 Å². The van der Waals surface area contributed by atoms with Crippen LogP contribution in [-0.4, -0.2) is 29.3 Å². The van der Waals surface area contributed by atoms with Gasteiger partial charge in [-0.25, -0.2) is 8.42 Å². The molecule has 2 aromatic heterocycles. The molecule has 2 atom stereocenters. The van der Waals surface area contributed by atoms with Gasteiger partial charge in [0.05, 0.1) is 23.7 Å². The Balaban J connectivity index is 1.65. The molecule has 9 heteroatoms. The lowest BCUT2D eigenvalue weighted by atomic mass is 10.00. The Morgan fingerprint density at radius 3 is 2.44 bits per heavy atom. The molecule has 0 saturated carbocycles. The van der Waals surface area contributed by atoms with E-state index in [1.165, 1.54) is 0 Å². The minimum Gasteiger partial charge on any atom is -0.351 e. The van der Waals surface area contributed by atoms with Crippen molar-refractivity contribution in [2.75, 3.05) is 15.9 Å². The van der Waals surface area contributed by atoms with Gasteiger partial charge in [0, 0.05) is 29.5 Å². The van der Waals surface area contributed by atoms with E-state index in [2.05, 4.69) is 55.8 Å². The lowest BCUT2D eigenvalue weighted by Crippen LogP contribution is -2.30. The van der Waals surface area contributed by atoms with E-state index in [1.54, 1.807) is 12.3 Å². The number of nitrogens with one attached hydrogen (secondary N) is 2. The van der Waals surface area contributed by atoms with E-state index in [0.29, 0.717) is 10.8 Å². The van der Waals surface area contributed by atoms with Crippen LogP contribution < -0.4 is 14.9 Å². The van der Waals surface area contributed by atoms with E-state index in [1.807, 2.05) is 55.5 Å². The molecule has 4 aromatic rings. The monoisotopic (exact) mass is 517 g/mol. The van der Waals surface area contributed by atoms with Crippen LogP contribution in [0.1, 0.15) is 34.6 Å². The number of nitrogens with zero attached hydrogens (tertiary/aromatic N) is 3. The standard InChI is InChI=1S/C27H27N5O2S2/c1-18-9-4-5-11-23(18)31-16-8-12-24(31)26-25(22-10-6-7-15-28-22)29-27(35)32(26)20-13-14-21(19(2)17-20)30-36(3,33)34/h4-17,25-26,30H,1-3H3,(H,29,35)/t25-,26-/m0/s1. The second-order valence-corrected chi connectivity index (χ2v) is 11.1. The molecule has 0 spiro atoms. The quantitative estimate of drug-likeness (QED) is 0.349. The van der Waals surface area contributed by atoms with Crippen molar-refractivity contribution in [2.45, 2.75) is 25.9 Å². The Bertz CT molecular complexity index is 1530. The van der Waals surface area contributed by atoms with E-state index >= 15 is 0 Å². The van der Waals surface area contributed by atoms with Crippen molar-refractivity contribution in [1.82, 2.24) is 14.9 Å². The largest absolute Gasteiger partial charge is 0.351 e. The van der Waals surface area contributed by atoms with Gasteiger partial charge in [-0.1, -0.05) is 24.3 Å². The van der Waals surface area contributed by atoms with Crippen molar-refractivity contribution in [3.05, 3.63) is 108 Å². The summed E-state index contributed by atoms with van der Waals surface area (Å²) in [6.45, 7) is 3.98. The number of pyridine rings is 1. The molecule has 0 radical (unpaired) electrons. The number of hydrogen-bond donors (Lipinski definition) is 2. The number of hydrogen-bond acceptors (Lipinski definition) is 4. The Morgan fingerprint density at radius 1 is 0.972 bits per heavy atom. The van der Waals surface area contributed by atoms with E-state index in [0.717, 1.165) is 40.1 Å². The average molecular weight is 518 g/mol. The molecule has 3 heterocycles. The van der Waals surface area contributed by atoms with Crippen molar-refractivity contribution < 1.29 is 8.42 Å². The molecule has 0 unspecified atom stereocenters. The number of rotatable bonds is 6. The maximum Gasteiger partial charge on any atom is 0.229 e. The zero-order valence-electron chi connectivity index (χ0n) is 20.2. The molecule has 2 N–H and O–H groups in total. The van der Waals surface area contributed by atoms with E-state index in [-0.39, 0.29) is 12.1 Å². The Hall–Kier alpha value is -3.69. The normalized spacial score (nSPS) is 17.8. The van der Waals surface area contributed by atoms with Crippen LogP contribution in [0.25, 0.3) is 5.69 Å². The summed E-state index contributed by atoms with van der Waals surface area (Å²) in [6.07, 6.45) is 5.00. The van der Waals surface area contributed by atoms with Gasteiger partial charge >= 0.3 is 0 Å². The predicted octanol–water partition coefficient (Wildman–Crippen LogP) is 5.04. The molecule has 5 rings (SSSR count). The first-order chi connectivity index (χ1) is 17.2. The summed E-state index contributed by atoms with van der Waals surface area (Å²) in [7, 11) is -3.39. The second-order valence-electron chi connectivity index (χ2n) is 8.96. The van der Waals surface area contributed by atoms with Gasteiger partial charge in [-0.15, -0.1) is 0 Å². The molecule has 1 fully saturated rings. The first-order valence-electron chi connectivity index (χ1n) is 11.6. The Morgan fingerprint density at radius 2 is 1.75 bits per heavy atom. The molecule has 184 valence electrons. The van der Waals surface area contributed by atoms with Gasteiger partial charge < -0.3 is 14.8 Å². The average Bonchev–Trinajstić information content (AvgIpc) is 3.44. The number of benzene rings is 2. The third-order valence-corrected chi connectivity index (χ3v) is 7.25. The minimum atomic E-state index is -3.39. The number of aryl methyl sites for hydroxylation is 2. The highest BCUT2D eigenvalue weighted by molar-refractivity contribution is 7.92. The number of sulfonamides is 1. The van der Waals surface area contributed by atoms with Crippen LogP contribution in [0, 0.1) is 13.8 Å². The first kappa shape index (κ1) is 24.0. The Kier molecular flexibility index (Phi) is 6.27. The first-order valence-corrected chi connectivity index (χ1v) is 13.9. The number of para-hydroxylation sites is 1. The summed E-state index contributed by atoms with van der Waals surface area (Å²) >= 11 is 5.87. The summed E-state index contributed by atoms with van der Waals surface area (Å²) in [6, 6.07) is 23.5. The minimum absolute atomic E-state index is 0.189. The maximum atomic E-state index is 11.8. The smallest absolute Gasteiger partial charge is 0.229 e. The molecular weight excluding hydrogens is 490 g/mol. The van der Waals surface area contributed by atoms with E-state index in [9.17, 15) is 8.42 Å². The van der Waals surface area contributed by atoms with Crippen molar-refractivity contribution >= 4 is 38.7 Å². The van der Waals surface area contributed by atoms with Crippen molar-refractivity contribution in [1.29, 1.82) is 0 Å². The number of aromatic nitrogens is 2. The zero-order valence-corrected chi connectivity index (χ0v) is 21.8. The summed E-state index contributed by atoms with van der Waals surface area (Å²) in [4.78, 5) is 6.73. The molecule has 1 aliphatic heterocycles. The fraction of sp³-hybridized carbons (Fsp3) is 0.185. The van der Waals surface area contributed by atoms with Crippen LogP contribution >= 0.6 is 12.2 Å². The summed E-state index contributed by atoms with van der Waals surface area (Å²) in [5, 5.41) is 4.07. The lowest BCUT2D eigenvalue weighted by Gasteiger charge is -2.29. The molecule has 2 aromatic carbocycles. The molecule has 1 aliphatic rings. The fourth-order valence-electron chi connectivity index (χ4n) is 4.73. The van der Waals surface area contributed by atoms with Gasteiger partial charge in [-0.3, -0.25) is 9.71 Å². The molecule has 0 aliphatic carbocycles. The van der Waals surface area contributed by atoms with E-state index < -0.39 is 10.0 Å². The lowest BCUT2D eigenvalue weighted by molar-refractivity contribution is 0.549. The molecule has 0 bridgehead atoms. The van der Waals surface area contributed by atoms with Crippen molar-refractivity contribution in [2.24, 2.45) is 0 Å². The highest BCUT2D eigenvalue weighted by Crippen LogP contribution is 2.43. The van der Waals surface area contributed by atoms with Crippen molar-refractivity contribution in [3.8, 4) is 5.69 Å². The van der Waals surface area contributed by atoms with Gasteiger partial charge in [0.1, 0.15) is 6.04 Å². The zero-order chi connectivity index (χ0) is 25.4. The van der Waals surface area contributed by atoms with Crippen LogP contribution in [0.15, 0.2) is 85.2 Å². The highest BCUT2D eigenvalue weighted by Gasteiger charge is 2.42. The van der Waals surface area contributed by atoms with E-state index in [4.69, 9.17) is 12.2 Å². The molecular formula is C27H27N5O2S2. The van der Waals surface area contributed by atoms with Gasteiger partial charge in [-0.2, -0.15) is 0 Å². The molecule has 1 saturated heterocycles. The van der Waals surface area contributed by atoms with Crippen LogP contribution in [0.2, 0.25) is 0 Å². The summed E-state index contributed by atoms with van der Waals surface area (Å²) < 4.78 is 28.4. The second kappa shape index (κ2) is 9.40. The van der Waals surface area contributed by atoms with Crippen LogP contribution in [0.4, 0.5) is 11.4 Å². The third kappa shape index (κ3) is 4.59. The maximum absolute atomic E-state index is 11.8. The van der Waals surface area contributed by atoms with Crippen LogP contribution in [0.3, 0.4) is 0 Å². The predicted molar refractivity (Wildman–Crippen MR) is 148 cm³/mol. The molecule has 7 nitrogen and oxygen atoms in total. The summed E-state index contributed by atoms with van der Waals surface area (Å²) in [5.41, 5.74) is 6.41. The van der Waals surface area contributed by atoms with Gasteiger partial charge in [0.15, 0.2) is 5.11 Å². The van der Waals surface area contributed by atoms with Crippen molar-refractivity contribution in [3.63, 3.8) is 0 Å². The fourth-order valence-corrected chi connectivity index (χ4v) is 5.71. The van der Waals surface area contributed by atoms with Gasteiger partial charge in [-0.05, 0) is 85.7 Å². The Labute approximate surface area is 216 Å². The molecule has 0 amide bonds. The third-order valence-electron chi connectivity index (χ3n) is 6.34. The molecule has 36 heavy (non-hydrogen) atoms. The highest BCUT2D eigenvalue weighted by atomic mass is 32.2. The van der Waals surface area contributed by atoms with Gasteiger partial charge in [0.25, 0.3) is 0 Å². The topological polar surface area (TPSA) is 79.3 Å². The van der Waals surface area contributed by atoms with Gasteiger partial charge in [0.2, 0.25) is 10.0 Å². The van der Waals surface area contributed by atoms with Crippen LogP contribution in [0.5, 0.6) is 0 Å². The summed E-state index contributed by atoms with van der Waals surface area (Å²) in [5.74, 6) is 0.